The quantitative estimate of drug-likeness (QED) is 0.746. The van der Waals surface area contributed by atoms with Crippen molar-refractivity contribution in [3.63, 3.8) is 0 Å². The van der Waals surface area contributed by atoms with Gasteiger partial charge >= 0.3 is 0 Å². The molecule has 0 aliphatic carbocycles. The minimum absolute atomic E-state index is 0.0322. The standard InChI is InChI=1S/C18H14N2O2/c21-16-12-6-1-3-8-14(12)18-15-9-4-2-7-13(15)17(22)20(18)11-5-10-19(16)18/h1-4,6-9H,5,10-11H2. The Balaban J connectivity index is 1.92. The molecule has 0 aromatic heterocycles. The second-order valence-electron chi connectivity index (χ2n) is 6.03. The minimum atomic E-state index is -0.723. The third kappa shape index (κ3) is 1.09. The number of rotatable bonds is 0. The molecule has 108 valence electrons. The number of nitrogens with zero attached hydrogens (tertiary/aromatic N) is 2. The van der Waals surface area contributed by atoms with E-state index in [4.69, 9.17) is 0 Å². The summed E-state index contributed by atoms with van der Waals surface area (Å²) in [4.78, 5) is 29.5. The fraction of sp³-hybridized carbons (Fsp3) is 0.222. The highest BCUT2D eigenvalue weighted by atomic mass is 16.2. The molecule has 1 saturated heterocycles. The molecule has 0 atom stereocenters. The summed E-state index contributed by atoms with van der Waals surface area (Å²) in [5, 5.41) is 0. The number of carbonyl (C=O) groups excluding carboxylic acids is 2. The fourth-order valence-electron chi connectivity index (χ4n) is 4.32. The maximum absolute atomic E-state index is 12.9. The summed E-state index contributed by atoms with van der Waals surface area (Å²) in [6, 6.07) is 15.4. The van der Waals surface area contributed by atoms with Gasteiger partial charge in [0.1, 0.15) is 0 Å². The first-order valence-electron chi connectivity index (χ1n) is 7.59. The summed E-state index contributed by atoms with van der Waals surface area (Å²) in [5.74, 6) is 0.0645. The molecule has 2 amide bonds. The lowest BCUT2D eigenvalue weighted by Gasteiger charge is -2.47. The Labute approximate surface area is 128 Å². The van der Waals surface area contributed by atoms with Gasteiger partial charge in [-0.15, -0.1) is 0 Å². The van der Waals surface area contributed by atoms with Gasteiger partial charge in [-0.1, -0.05) is 36.4 Å². The van der Waals surface area contributed by atoms with Gasteiger partial charge in [-0.2, -0.15) is 0 Å². The monoisotopic (exact) mass is 290 g/mol. The zero-order chi connectivity index (χ0) is 14.9. The molecule has 1 fully saturated rings. The van der Waals surface area contributed by atoms with Gasteiger partial charge in [-0.05, 0) is 18.6 Å². The third-order valence-corrected chi connectivity index (χ3v) is 5.10. The van der Waals surface area contributed by atoms with Gasteiger partial charge in [0.15, 0.2) is 5.66 Å². The normalized spacial score (nSPS) is 20.5. The van der Waals surface area contributed by atoms with Crippen molar-refractivity contribution in [1.29, 1.82) is 0 Å². The molecule has 0 bridgehead atoms. The summed E-state index contributed by atoms with van der Waals surface area (Å²) in [6.45, 7) is 1.37. The smallest absolute Gasteiger partial charge is 0.256 e. The second kappa shape index (κ2) is 3.77. The first-order chi connectivity index (χ1) is 10.8. The molecule has 3 heterocycles. The van der Waals surface area contributed by atoms with Gasteiger partial charge in [-0.3, -0.25) is 9.59 Å². The van der Waals surface area contributed by atoms with Crippen LogP contribution in [0.3, 0.4) is 0 Å². The van der Waals surface area contributed by atoms with E-state index in [1.54, 1.807) is 0 Å². The number of benzene rings is 2. The summed E-state index contributed by atoms with van der Waals surface area (Å²) < 4.78 is 0. The first kappa shape index (κ1) is 12.0. The maximum atomic E-state index is 12.9. The summed E-state index contributed by atoms with van der Waals surface area (Å²) in [7, 11) is 0. The Hall–Kier alpha value is -2.62. The predicted octanol–water partition coefficient (Wildman–Crippen LogP) is 2.20. The van der Waals surface area contributed by atoms with Gasteiger partial charge in [0.25, 0.3) is 11.8 Å². The molecule has 2 aromatic rings. The second-order valence-corrected chi connectivity index (χ2v) is 6.03. The van der Waals surface area contributed by atoms with Crippen molar-refractivity contribution in [2.45, 2.75) is 12.1 Å². The van der Waals surface area contributed by atoms with Crippen molar-refractivity contribution in [3.05, 3.63) is 70.8 Å². The number of hydrogen-bond acceptors (Lipinski definition) is 2. The highest BCUT2D eigenvalue weighted by Gasteiger charge is 2.61. The van der Waals surface area contributed by atoms with Gasteiger partial charge < -0.3 is 9.80 Å². The maximum Gasteiger partial charge on any atom is 0.256 e. The van der Waals surface area contributed by atoms with Crippen molar-refractivity contribution >= 4 is 11.8 Å². The van der Waals surface area contributed by atoms with Gasteiger partial charge in [0, 0.05) is 35.3 Å². The molecule has 22 heavy (non-hydrogen) atoms. The number of amides is 2. The Morgan fingerprint density at radius 2 is 1.18 bits per heavy atom. The van der Waals surface area contributed by atoms with Gasteiger partial charge in [0.2, 0.25) is 0 Å². The average molecular weight is 290 g/mol. The van der Waals surface area contributed by atoms with Crippen LogP contribution < -0.4 is 0 Å². The summed E-state index contributed by atoms with van der Waals surface area (Å²) in [6.07, 6.45) is 0.821. The number of hydrogen-bond donors (Lipinski definition) is 0. The number of fused-ring (bicyclic) bond motifs is 2. The zero-order valence-electron chi connectivity index (χ0n) is 12.0. The summed E-state index contributed by atoms with van der Waals surface area (Å²) in [5.41, 5.74) is 2.60. The van der Waals surface area contributed by atoms with Crippen LogP contribution in [0.15, 0.2) is 48.5 Å². The predicted molar refractivity (Wildman–Crippen MR) is 80.4 cm³/mol. The van der Waals surface area contributed by atoms with Crippen LogP contribution in [0.5, 0.6) is 0 Å². The van der Waals surface area contributed by atoms with E-state index >= 15 is 0 Å². The molecule has 0 unspecified atom stereocenters. The zero-order valence-corrected chi connectivity index (χ0v) is 12.0. The average Bonchev–Trinajstić information content (AvgIpc) is 2.99. The third-order valence-electron chi connectivity index (χ3n) is 5.10. The van der Waals surface area contributed by atoms with Crippen LogP contribution in [0, 0.1) is 0 Å². The van der Waals surface area contributed by atoms with Crippen molar-refractivity contribution < 1.29 is 9.59 Å². The Kier molecular flexibility index (Phi) is 2.05. The molecule has 3 aliphatic heterocycles. The SMILES string of the molecule is O=C1c2ccccc2C23c4ccccc4C(=O)N2CCCN13. The van der Waals surface area contributed by atoms with Gasteiger partial charge in [-0.25, -0.2) is 0 Å². The van der Waals surface area contributed by atoms with E-state index in [2.05, 4.69) is 0 Å². The van der Waals surface area contributed by atoms with Crippen LogP contribution in [0.25, 0.3) is 0 Å². The Morgan fingerprint density at radius 1 is 0.727 bits per heavy atom. The molecule has 5 rings (SSSR count). The fourth-order valence-corrected chi connectivity index (χ4v) is 4.32. The largest absolute Gasteiger partial charge is 0.307 e. The molecular weight excluding hydrogens is 276 g/mol. The number of carbonyl (C=O) groups is 2. The van der Waals surface area contributed by atoms with E-state index in [0.29, 0.717) is 13.1 Å². The lowest BCUT2D eigenvalue weighted by molar-refractivity contribution is -0.0154. The van der Waals surface area contributed by atoms with E-state index in [0.717, 1.165) is 28.7 Å². The van der Waals surface area contributed by atoms with E-state index in [1.807, 2.05) is 58.3 Å². The van der Waals surface area contributed by atoms with Crippen LogP contribution in [0.1, 0.15) is 38.3 Å². The molecule has 0 radical (unpaired) electrons. The lowest BCUT2D eigenvalue weighted by atomic mass is 9.89. The molecule has 4 heteroatoms. The molecule has 2 aromatic carbocycles. The van der Waals surface area contributed by atoms with Gasteiger partial charge in [0.05, 0.1) is 0 Å². The van der Waals surface area contributed by atoms with Crippen molar-refractivity contribution in [3.8, 4) is 0 Å². The van der Waals surface area contributed by atoms with E-state index in [-0.39, 0.29) is 11.8 Å². The first-order valence-corrected chi connectivity index (χ1v) is 7.59. The highest BCUT2D eigenvalue weighted by Crippen LogP contribution is 2.53. The van der Waals surface area contributed by atoms with E-state index in [9.17, 15) is 9.59 Å². The molecule has 3 aliphatic rings. The van der Waals surface area contributed by atoms with Crippen LogP contribution in [-0.2, 0) is 5.66 Å². The lowest BCUT2D eigenvalue weighted by Crippen LogP contribution is -2.59. The van der Waals surface area contributed by atoms with E-state index in [1.165, 1.54) is 0 Å². The van der Waals surface area contributed by atoms with Crippen molar-refractivity contribution in [2.75, 3.05) is 13.1 Å². The van der Waals surface area contributed by atoms with E-state index < -0.39 is 5.66 Å². The van der Waals surface area contributed by atoms with Crippen LogP contribution >= 0.6 is 0 Å². The van der Waals surface area contributed by atoms with Crippen LogP contribution in [0.2, 0.25) is 0 Å². The Morgan fingerprint density at radius 3 is 1.68 bits per heavy atom. The Bertz CT molecular complexity index is 773. The summed E-state index contributed by atoms with van der Waals surface area (Å²) >= 11 is 0. The van der Waals surface area contributed by atoms with Crippen LogP contribution in [0.4, 0.5) is 0 Å². The highest BCUT2D eigenvalue weighted by molar-refractivity contribution is 6.07. The molecule has 0 saturated carbocycles. The molecular formula is C18H14N2O2. The molecule has 4 nitrogen and oxygen atoms in total. The molecule has 1 spiro atoms. The topological polar surface area (TPSA) is 40.6 Å². The molecule has 0 N–H and O–H groups in total. The minimum Gasteiger partial charge on any atom is -0.307 e. The van der Waals surface area contributed by atoms with Crippen molar-refractivity contribution in [2.24, 2.45) is 0 Å². The van der Waals surface area contributed by atoms with Crippen LogP contribution in [-0.4, -0.2) is 34.7 Å². The van der Waals surface area contributed by atoms with Crippen molar-refractivity contribution in [1.82, 2.24) is 9.80 Å².